The van der Waals surface area contributed by atoms with Crippen molar-refractivity contribution >= 4 is 0 Å². The molecule has 1 aliphatic heterocycles. The van der Waals surface area contributed by atoms with Gasteiger partial charge in [0, 0.05) is 18.7 Å². The van der Waals surface area contributed by atoms with Gasteiger partial charge in [0.25, 0.3) is 0 Å². The lowest BCUT2D eigenvalue weighted by Gasteiger charge is -2.29. The molecule has 3 rings (SSSR count). The summed E-state index contributed by atoms with van der Waals surface area (Å²) in [4.78, 5) is 0. The summed E-state index contributed by atoms with van der Waals surface area (Å²) < 4.78 is 5.67. The minimum absolute atomic E-state index is 0.0953. The Kier molecular flexibility index (Phi) is 4.09. The van der Waals surface area contributed by atoms with Gasteiger partial charge in [0.2, 0.25) is 0 Å². The Hall–Kier alpha value is -1.64. The molecule has 2 nitrogen and oxygen atoms in total. The first-order valence-corrected chi connectivity index (χ1v) is 7.68. The van der Waals surface area contributed by atoms with Gasteiger partial charge in [-0.05, 0) is 37.0 Å². The SMILES string of the molecule is CC1OCCC1(C)NCc1ccc(-c2ccccc2)cc1. The largest absolute Gasteiger partial charge is 0.377 e. The smallest absolute Gasteiger partial charge is 0.0726 e. The molecule has 0 spiro atoms. The van der Waals surface area contributed by atoms with E-state index in [9.17, 15) is 0 Å². The molecule has 0 radical (unpaired) electrons. The van der Waals surface area contributed by atoms with E-state index in [2.05, 4.69) is 67.7 Å². The van der Waals surface area contributed by atoms with Crippen LogP contribution in [0.15, 0.2) is 54.6 Å². The summed E-state index contributed by atoms with van der Waals surface area (Å²) in [6, 6.07) is 19.3. The molecular weight excluding hydrogens is 258 g/mol. The standard InChI is InChI=1S/C19H23NO/c1-15-19(2,12-13-21-15)20-14-16-8-10-18(11-9-16)17-6-4-3-5-7-17/h3-11,15,20H,12-14H2,1-2H3. The van der Waals surface area contributed by atoms with Gasteiger partial charge in [0.05, 0.1) is 6.10 Å². The fourth-order valence-electron chi connectivity index (χ4n) is 2.82. The van der Waals surface area contributed by atoms with Crippen LogP contribution in [0.4, 0.5) is 0 Å². The number of benzene rings is 2. The second-order valence-electron chi connectivity index (χ2n) is 6.10. The fraction of sp³-hybridized carbons (Fsp3) is 0.368. The van der Waals surface area contributed by atoms with Crippen LogP contribution in [0.25, 0.3) is 11.1 Å². The highest BCUT2D eigenvalue weighted by Crippen LogP contribution is 2.26. The molecule has 2 atom stereocenters. The van der Waals surface area contributed by atoms with Crippen molar-refractivity contribution in [2.75, 3.05) is 6.61 Å². The van der Waals surface area contributed by atoms with Crippen molar-refractivity contribution in [1.82, 2.24) is 5.32 Å². The first-order chi connectivity index (χ1) is 10.2. The van der Waals surface area contributed by atoms with Crippen molar-refractivity contribution in [2.45, 2.75) is 38.5 Å². The maximum atomic E-state index is 5.67. The normalized spacial score (nSPS) is 25.1. The zero-order valence-corrected chi connectivity index (χ0v) is 12.8. The zero-order valence-electron chi connectivity index (χ0n) is 12.8. The summed E-state index contributed by atoms with van der Waals surface area (Å²) in [7, 11) is 0. The van der Waals surface area contributed by atoms with E-state index in [-0.39, 0.29) is 11.6 Å². The summed E-state index contributed by atoms with van der Waals surface area (Å²) in [5.41, 5.74) is 3.94. The summed E-state index contributed by atoms with van der Waals surface area (Å²) in [6.07, 6.45) is 1.36. The Morgan fingerprint density at radius 1 is 1.05 bits per heavy atom. The van der Waals surface area contributed by atoms with Gasteiger partial charge < -0.3 is 10.1 Å². The predicted octanol–water partition coefficient (Wildman–Crippen LogP) is 4.01. The number of ether oxygens (including phenoxy) is 1. The minimum Gasteiger partial charge on any atom is -0.377 e. The molecule has 2 heteroatoms. The molecule has 1 N–H and O–H groups in total. The molecule has 2 unspecified atom stereocenters. The molecule has 1 saturated heterocycles. The van der Waals surface area contributed by atoms with Gasteiger partial charge in [-0.2, -0.15) is 0 Å². The van der Waals surface area contributed by atoms with Crippen LogP contribution in [-0.2, 0) is 11.3 Å². The molecule has 2 aromatic carbocycles. The summed E-state index contributed by atoms with van der Waals surface area (Å²) >= 11 is 0. The lowest BCUT2D eigenvalue weighted by molar-refractivity contribution is 0.0881. The average Bonchev–Trinajstić information content (AvgIpc) is 2.87. The molecule has 0 aliphatic carbocycles. The maximum Gasteiger partial charge on any atom is 0.0726 e. The van der Waals surface area contributed by atoms with Gasteiger partial charge in [-0.25, -0.2) is 0 Å². The highest BCUT2D eigenvalue weighted by atomic mass is 16.5. The van der Waals surface area contributed by atoms with Crippen LogP contribution in [0.2, 0.25) is 0 Å². The molecule has 0 amide bonds. The minimum atomic E-state index is 0.0953. The van der Waals surface area contributed by atoms with Gasteiger partial charge in [0.1, 0.15) is 0 Å². The highest BCUT2D eigenvalue weighted by molar-refractivity contribution is 5.63. The van der Waals surface area contributed by atoms with Crippen molar-refractivity contribution in [1.29, 1.82) is 0 Å². The van der Waals surface area contributed by atoms with Crippen LogP contribution >= 0.6 is 0 Å². The maximum absolute atomic E-state index is 5.67. The number of nitrogens with one attached hydrogen (secondary N) is 1. The molecule has 2 aromatic rings. The molecule has 0 aromatic heterocycles. The quantitative estimate of drug-likeness (QED) is 0.914. The van der Waals surface area contributed by atoms with E-state index in [4.69, 9.17) is 4.74 Å². The number of hydrogen-bond acceptors (Lipinski definition) is 2. The van der Waals surface area contributed by atoms with Crippen LogP contribution < -0.4 is 5.32 Å². The molecule has 1 fully saturated rings. The second-order valence-corrected chi connectivity index (χ2v) is 6.10. The van der Waals surface area contributed by atoms with Crippen LogP contribution in [0.5, 0.6) is 0 Å². The van der Waals surface area contributed by atoms with E-state index < -0.39 is 0 Å². The molecule has 1 heterocycles. The summed E-state index contributed by atoms with van der Waals surface area (Å²) in [5.74, 6) is 0. The lowest BCUT2D eigenvalue weighted by Crippen LogP contribution is -2.47. The monoisotopic (exact) mass is 281 g/mol. The topological polar surface area (TPSA) is 21.3 Å². The molecule has 0 bridgehead atoms. The van der Waals surface area contributed by atoms with Gasteiger partial charge in [0.15, 0.2) is 0 Å². The number of rotatable bonds is 4. The van der Waals surface area contributed by atoms with Gasteiger partial charge in [-0.1, -0.05) is 54.6 Å². The Morgan fingerprint density at radius 2 is 1.71 bits per heavy atom. The van der Waals surface area contributed by atoms with Crippen molar-refractivity contribution in [3.63, 3.8) is 0 Å². The van der Waals surface area contributed by atoms with Crippen molar-refractivity contribution in [3.05, 3.63) is 60.2 Å². The third-order valence-electron chi connectivity index (χ3n) is 4.64. The number of hydrogen-bond donors (Lipinski definition) is 1. The molecular formula is C19H23NO. The Bertz CT molecular complexity index is 578. The lowest BCUT2D eigenvalue weighted by atomic mass is 9.94. The zero-order chi connectivity index (χ0) is 14.7. The fourth-order valence-corrected chi connectivity index (χ4v) is 2.82. The second kappa shape index (κ2) is 6.00. The van der Waals surface area contributed by atoms with E-state index in [0.717, 1.165) is 19.6 Å². The van der Waals surface area contributed by atoms with E-state index in [1.165, 1.54) is 16.7 Å². The molecule has 110 valence electrons. The van der Waals surface area contributed by atoms with Crippen molar-refractivity contribution in [3.8, 4) is 11.1 Å². The Labute approximate surface area is 127 Å². The van der Waals surface area contributed by atoms with Crippen LogP contribution in [-0.4, -0.2) is 18.2 Å². The van der Waals surface area contributed by atoms with E-state index in [1.807, 2.05) is 6.07 Å². The third-order valence-corrected chi connectivity index (χ3v) is 4.64. The Morgan fingerprint density at radius 3 is 2.33 bits per heavy atom. The average molecular weight is 281 g/mol. The summed E-state index contributed by atoms with van der Waals surface area (Å²) in [5, 5.41) is 3.66. The van der Waals surface area contributed by atoms with Crippen LogP contribution in [0, 0.1) is 0 Å². The van der Waals surface area contributed by atoms with Crippen LogP contribution in [0.3, 0.4) is 0 Å². The molecule has 21 heavy (non-hydrogen) atoms. The van der Waals surface area contributed by atoms with Gasteiger partial charge in [-0.15, -0.1) is 0 Å². The van der Waals surface area contributed by atoms with Gasteiger partial charge >= 0.3 is 0 Å². The first kappa shape index (κ1) is 14.3. The van der Waals surface area contributed by atoms with Crippen LogP contribution in [0.1, 0.15) is 25.8 Å². The van der Waals surface area contributed by atoms with E-state index in [0.29, 0.717) is 0 Å². The first-order valence-electron chi connectivity index (χ1n) is 7.68. The Balaban J connectivity index is 1.65. The van der Waals surface area contributed by atoms with Crippen molar-refractivity contribution in [2.24, 2.45) is 0 Å². The predicted molar refractivity (Wildman–Crippen MR) is 87.2 cm³/mol. The highest BCUT2D eigenvalue weighted by Gasteiger charge is 2.36. The molecule has 0 saturated carbocycles. The summed E-state index contributed by atoms with van der Waals surface area (Å²) in [6.45, 7) is 6.15. The third kappa shape index (κ3) is 3.17. The van der Waals surface area contributed by atoms with Crippen molar-refractivity contribution < 1.29 is 4.74 Å². The van der Waals surface area contributed by atoms with Gasteiger partial charge in [-0.3, -0.25) is 0 Å². The van der Waals surface area contributed by atoms with E-state index >= 15 is 0 Å². The molecule has 1 aliphatic rings. The van der Waals surface area contributed by atoms with E-state index in [1.54, 1.807) is 0 Å².